The molecule has 2 aromatic heterocycles. The van der Waals surface area contributed by atoms with Gasteiger partial charge in [-0.3, -0.25) is 18.7 Å². The third-order valence-corrected chi connectivity index (χ3v) is 8.79. The third-order valence-electron chi connectivity index (χ3n) is 5.35. The Morgan fingerprint density at radius 2 is 2.20 bits per heavy atom. The number of nitrogen functional groups attached to an aromatic ring is 1. The molecule has 2 aliphatic rings. The fraction of sp³-hybridized carbons (Fsp3) is 0.474. The van der Waals surface area contributed by atoms with Crippen LogP contribution in [0.15, 0.2) is 28.1 Å². The number of carbonyl (C=O) groups is 3. The first-order valence-electron chi connectivity index (χ1n) is 10.5. The molecule has 1 saturated heterocycles. The summed E-state index contributed by atoms with van der Waals surface area (Å²) >= 11 is 2.46. The van der Waals surface area contributed by atoms with Gasteiger partial charge >= 0.3 is 5.97 Å². The van der Waals surface area contributed by atoms with Crippen molar-refractivity contribution in [2.45, 2.75) is 29.5 Å². The molecule has 0 radical (unpaired) electrons. The minimum Gasteiger partial charge on any atom is -0.477 e. The Morgan fingerprint density at radius 1 is 1.43 bits per heavy atom. The first kappa shape index (κ1) is 25.3. The average Bonchev–Trinajstić information content (AvgIpc) is 3.42. The number of amides is 2. The van der Waals surface area contributed by atoms with Gasteiger partial charge in [-0.15, -0.1) is 11.3 Å². The van der Waals surface area contributed by atoms with E-state index in [-0.39, 0.29) is 23.6 Å². The average molecular weight is 541 g/mol. The second-order valence-electron chi connectivity index (χ2n) is 8.14. The van der Waals surface area contributed by atoms with Crippen molar-refractivity contribution in [3.8, 4) is 0 Å². The molecule has 4 rings (SSSR count). The van der Waals surface area contributed by atoms with Crippen LogP contribution in [0.1, 0.15) is 5.69 Å². The van der Waals surface area contributed by atoms with Crippen molar-refractivity contribution in [3.05, 3.63) is 28.7 Å². The molecule has 0 bridgehead atoms. The summed E-state index contributed by atoms with van der Waals surface area (Å²) in [5, 5.41) is 18.2. The zero-order valence-electron chi connectivity index (χ0n) is 18.9. The lowest BCUT2D eigenvalue weighted by molar-refractivity contribution is -0.150. The predicted molar refractivity (Wildman–Crippen MR) is 130 cm³/mol. The van der Waals surface area contributed by atoms with Crippen LogP contribution in [0.5, 0.6) is 0 Å². The summed E-state index contributed by atoms with van der Waals surface area (Å²) in [7, 11) is 2.29. The van der Waals surface area contributed by atoms with Crippen LogP contribution in [0.3, 0.4) is 0 Å². The first-order chi connectivity index (χ1) is 16.7. The number of anilines is 1. The minimum atomic E-state index is -1.60. The number of likely N-dealkylation sites (N-methyl/N-ethyl adjacent to an activating group) is 1. The molecule has 4 N–H and O–H groups in total. The number of hydrogen-bond donors (Lipinski definition) is 3. The fourth-order valence-electron chi connectivity index (χ4n) is 3.72. The van der Waals surface area contributed by atoms with E-state index in [2.05, 4.69) is 20.4 Å². The molecule has 2 amide bonds. The minimum absolute atomic E-state index is 0.0239. The van der Waals surface area contributed by atoms with E-state index in [4.69, 9.17) is 5.73 Å². The summed E-state index contributed by atoms with van der Waals surface area (Å²) in [6, 6.07) is -1.06. The van der Waals surface area contributed by atoms with Crippen molar-refractivity contribution in [1.82, 2.24) is 34.9 Å². The lowest BCUT2D eigenvalue weighted by Crippen LogP contribution is -2.73. The van der Waals surface area contributed by atoms with Gasteiger partial charge in [0.05, 0.1) is 35.2 Å². The molecule has 0 spiro atoms. The molecule has 3 atom stereocenters. The topological polar surface area (TPSA) is 177 Å². The molecule has 1 fully saturated rings. The maximum Gasteiger partial charge on any atom is 0.352 e. The number of aromatic nitrogens is 4. The number of nitrogens with two attached hydrogens (primary N) is 1. The molecule has 2 aliphatic heterocycles. The number of nitrogens with one attached hydrogen (secondary N) is 1. The maximum atomic E-state index is 13.0. The highest BCUT2D eigenvalue weighted by Gasteiger charge is 2.57. The smallest absolute Gasteiger partial charge is 0.352 e. The number of hydrogen-bond acceptors (Lipinski definition) is 11. The largest absolute Gasteiger partial charge is 0.477 e. The molecule has 1 unspecified atom stereocenters. The van der Waals surface area contributed by atoms with Gasteiger partial charge in [0, 0.05) is 17.7 Å². The van der Waals surface area contributed by atoms with E-state index in [9.17, 15) is 23.7 Å². The fourth-order valence-corrected chi connectivity index (χ4v) is 7.05. The highest BCUT2D eigenvalue weighted by molar-refractivity contribution is 7.99. The van der Waals surface area contributed by atoms with Gasteiger partial charge in [0.1, 0.15) is 23.4 Å². The Hall–Kier alpha value is -2.82. The van der Waals surface area contributed by atoms with Crippen LogP contribution < -0.4 is 11.1 Å². The van der Waals surface area contributed by atoms with E-state index in [1.807, 2.05) is 19.0 Å². The molecule has 2 aromatic rings. The van der Waals surface area contributed by atoms with E-state index < -0.39 is 40.0 Å². The van der Waals surface area contributed by atoms with Crippen LogP contribution in [0.2, 0.25) is 0 Å². The number of nitrogens with zero attached hydrogens (tertiary/aromatic N) is 6. The number of fused-ring (bicyclic) bond motifs is 1. The number of thioether (sulfide) groups is 1. The van der Waals surface area contributed by atoms with Gasteiger partial charge in [-0.25, -0.2) is 19.4 Å². The Bertz CT molecular complexity index is 1210. The molecular weight excluding hydrogens is 516 g/mol. The number of carboxylic acid groups (broad SMARTS) is 1. The summed E-state index contributed by atoms with van der Waals surface area (Å²) in [6.07, 6.45) is 1.33. The third kappa shape index (κ3) is 5.39. The normalized spacial score (nSPS) is 21.7. The highest BCUT2D eigenvalue weighted by atomic mass is 32.2. The van der Waals surface area contributed by atoms with Crippen LogP contribution in [0.25, 0.3) is 0 Å². The van der Waals surface area contributed by atoms with Gasteiger partial charge in [0.2, 0.25) is 5.91 Å². The summed E-state index contributed by atoms with van der Waals surface area (Å²) < 4.78 is 14.7. The van der Waals surface area contributed by atoms with Crippen LogP contribution in [-0.2, 0) is 38.1 Å². The highest BCUT2D eigenvalue weighted by Crippen LogP contribution is 2.36. The van der Waals surface area contributed by atoms with E-state index >= 15 is 0 Å². The molecule has 0 aromatic carbocycles. The van der Waals surface area contributed by atoms with Gasteiger partial charge < -0.3 is 21.1 Å². The Labute approximate surface area is 211 Å². The van der Waals surface area contributed by atoms with Crippen molar-refractivity contribution in [1.29, 1.82) is 0 Å². The van der Waals surface area contributed by atoms with E-state index in [0.717, 1.165) is 11.4 Å². The van der Waals surface area contributed by atoms with Crippen molar-refractivity contribution in [3.63, 3.8) is 0 Å². The summed E-state index contributed by atoms with van der Waals surface area (Å²) in [5.41, 5.74) is 6.21. The maximum absolute atomic E-state index is 13.0. The quantitative estimate of drug-likeness (QED) is 0.248. The first-order valence-corrected chi connectivity index (χ1v) is 13.7. The second kappa shape index (κ2) is 10.4. The SMILES string of the molecule is CN(C)CCn1ncnc1SCC1=C(C(=O)O)N2C(=O)[C@H](NC(=O)Cc3csc(N)n3)[C@@H]2S(=O)C1. The van der Waals surface area contributed by atoms with Gasteiger partial charge in [-0.1, -0.05) is 11.8 Å². The molecular formula is C19H24N8O5S3. The van der Waals surface area contributed by atoms with Crippen LogP contribution in [0, 0.1) is 0 Å². The Morgan fingerprint density at radius 3 is 2.86 bits per heavy atom. The van der Waals surface area contributed by atoms with Crippen LogP contribution >= 0.6 is 23.1 Å². The lowest BCUT2D eigenvalue weighted by Gasteiger charge is -2.49. The van der Waals surface area contributed by atoms with Gasteiger partial charge in [-0.2, -0.15) is 5.10 Å². The Balaban J connectivity index is 1.46. The number of carboxylic acids is 1. The molecule has 0 saturated carbocycles. The molecule has 35 heavy (non-hydrogen) atoms. The predicted octanol–water partition coefficient (Wildman–Crippen LogP) is -1.03. The number of carbonyl (C=O) groups excluding carboxylic acids is 2. The monoisotopic (exact) mass is 540 g/mol. The summed E-state index contributed by atoms with van der Waals surface area (Å²) in [5.74, 6) is -2.21. The molecule has 188 valence electrons. The lowest BCUT2D eigenvalue weighted by atomic mass is 10.0. The number of rotatable bonds is 10. The number of β-lactam (4-membered cyclic amide) rings is 1. The van der Waals surface area contributed by atoms with Crippen molar-refractivity contribution in [2.24, 2.45) is 0 Å². The number of aliphatic carboxylic acids is 1. The van der Waals surface area contributed by atoms with Gasteiger partial charge in [-0.05, 0) is 19.7 Å². The summed E-state index contributed by atoms with van der Waals surface area (Å²) in [4.78, 5) is 48.6. The van der Waals surface area contributed by atoms with Crippen LogP contribution in [-0.4, -0.2) is 100 Å². The molecule has 13 nitrogen and oxygen atoms in total. The van der Waals surface area contributed by atoms with E-state index in [0.29, 0.717) is 28.1 Å². The zero-order chi connectivity index (χ0) is 25.3. The zero-order valence-corrected chi connectivity index (χ0v) is 21.4. The van der Waals surface area contributed by atoms with Crippen molar-refractivity contribution < 1.29 is 23.7 Å². The van der Waals surface area contributed by atoms with Crippen molar-refractivity contribution >= 4 is 56.8 Å². The van der Waals surface area contributed by atoms with E-state index in [1.54, 1.807) is 10.1 Å². The second-order valence-corrected chi connectivity index (χ2v) is 11.5. The number of thiazole rings is 1. The van der Waals surface area contributed by atoms with Gasteiger partial charge in [0.25, 0.3) is 5.91 Å². The Kier molecular flexibility index (Phi) is 7.53. The van der Waals surface area contributed by atoms with Crippen molar-refractivity contribution in [2.75, 3.05) is 37.9 Å². The molecule has 0 aliphatic carbocycles. The van der Waals surface area contributed by atoms with Crippen LogP contribution in [0.4, 0.5) is 5.13 Å². The molecule has 16 heteroatoms. The standard InChI is InChI=1S/C19H24N8O5S3/c1-25(2)3-4-26-19(21-9-22-26)34-6-10-8-35(32)16-13(15(29)27(16)14(10)17(30)31)24-12(28)5-11-7-33-18(20)23-11/h7,9,13,16H,3-6,8H2,1-2H3,(H2,20,23)(H,24,28)(H,30,31)/t13-,16-,35?/m0/s1. The van der Waals surface area contributed by atoms with Gasteiger partial charge in [0.15, 0.2) is 10.3 Å². The van der Waals surface area contributed by atoms with E-state index in [1.165, 1.54) is 29.4 Å². The summed E-state index contributed by atoms with van der Waals surface area (Å²) in [6.45, 7) is 1.35. The molecule has 4 heterocycles.